The monoisotopic (exact) mass is 345 g/mol. The Labute approximate surface area is 150 Å². The summed E-state index contributed by atoms with van der Waals surface area (Å²) >= 11 is 0. The Morgan fingerprint density at radius 3 is 2.36 bits per heavy atom. The highest BCUT2D eigenvalue weighted by Gasteiger charge is 2.52. The van der Waals surface area contributed by atoms with Crippen LogP contribution in [0.5, 0.6) is 0 Å². The number of rotatable bonds is 6. The summed E-state index contributed by atoms with van der Waals surface area (Å²) in [6.45, 7) is 8.78. The Hall–Kier alpha value is -1.63. The van der Waals surface area contributed by atoms with Crippen LogP contribution in [0.3, 0.4) is 0 Å². The van der Waals surface area contributed by atoms with Crippen molar-refractivity contribution in [3.8, 4) is 0 Å². The molecule has 1 fully saturated rings. The van der Waals surface area contributed by atoms with E-state index in [4.69, 9.17) is 14.0 Å². The Kier molecular flexibility index (Phi) is 6.09. The highest BCUT2D eigenvalue weighted by molar-refractivity contribution is 6.56. The van der Waals surface area contributed by atoms with Crippen LogP contribution in [0, 0.1) is 0 Å². The summed E-state index contributed by atoms with van der Waals surface area (Å²) < 4.78 is 17.1. The molecule has 136 valence electrons. The van der Waals surface area contributed by atoms with Crippen molar-refractivity contribution in [2.24, 2.45) is 0 Å². The predicted molar refractivity (Wildman–Crippen MR) is 100 cm³/mol. The van der Waals surface area contributed by atoms with Gasteiger partial charge in [0.15, 0.2) is 0 Å². The van der Waals surface area contributed by atoms with Crippen molar-refractivity contribution in [3.63, 3.8) is 0 Å². The van der Waals surface area contributed by atoms with Crippen molar-refractivity contribution in [3.05, 3.63) is 40.9 Å². The summed E-state index contributed by atoms with van der Waals surface area (Å²) in [5.74, 6) is -0.258. The number of carbonyl (C=O) groups is 1. The van der Waals surface area contributed by atoms with Gasteiger partial charge in [0.1, 0.15) is 0 Å². The SMILES string of the molecule is CNCC(=Cc1ccccc1CC(=O)OC)B1OC(C)(C)C(C)(C)O1. The van der Waals surface area contributed by atoms with Crippen LogP contribution in [0.15, 0.2) is 29.7 Å². The lowest BCUT2D eigenvalue weighted by molar-refractivity contribution is -0.139. The van der Waals surface area contributed by atoms with E-state index >= 15 is 0 Å². The molecule has 0 saturated carbocycles. The van der Waals surface area contributed by atoms with Gasteiger partial charge in [-0.2, -0.15) is 0 Å². The second-order valence-corrected chi connectivity index (χ2v) is 7.29. The number of hydrogen-bond acceptors (Lipinski definition) is 5. The molecule has 1 saturated heterocycles. The molecule has 6 heteroatoms. The van der Waals surface area contributed by atoms with Gasteiger partial charge in [0.05, 0.1) is 24.7 Å². The van der Waals surface area contributed by atoms with Crippen molar-refractivity contribution in [1.82, 2.24) is 5.32 Å². The minimum absolute atomic E-state index is 0.235. The molecule has 0 aliphatic carbocycles. The summed E-state index contributed by atoms with van der Waals surface area (Å²) in [7, 11) is 2.86. The highest BCUT2D eigenvalue weighted by Crippen LogP contribution is 2.38. The molecule has 1 aromatic rings. The van der Waals surface area contributed by atoms with Crippen LogP contribution in [0.4, 0.5) is 0 Å². The topological polar surface area (TPSA) is 56.8 Å². The van der Waals surface area contributed by atoms with E-state index in [0.29, 0.717) is 6.54 Å². The third kappa shape index (κ3) is 4.51. The van der Waals surface area contributed by atoms with Crippen LogP contribution in [0.1, 0.15) is 38.8 Å². The molecule has 0 unspecified atom stereocenters. The van der Waals surface area contributed by atoms with Crippen molar-refractivity contribution in [2.75, 3.05) is 20.7 Å². The number of carbonyl (C=O) groups excluding carboxylic acids is 1. The Balaban J connectivity index is 2.34. The molecule has 0 amide bonds. The fourth-order valence-electron chi connectivity index (χ4n) is 2.66. The molecule has 1 N–H and O–H groups in total. The third-order valence-electron chi connectivity index (χ3n) is 4.90. The van der Waals surface area contributed by atoms with E-state index in [0.717, 1.165) is 16.6 Å². The molecule has 1 aliphatic heterocycles. The molecule has 0 bridgehead atoms. The van der Waals surface area contributed by atoms with Crippen molar-refractivity contribution >= 4 is 19.2 Å². The molecule has 0 spiro atoms. The van der Waals surface area contributed by atoms with Crippen molar-refractivity contribution < 1.29 is 18.8 Å². The normalized spacial score (nSPS) is 19.1. The number of esters is 1. The fourth-order valence-corrected chi connectivity index (χ4v) is 2.66. The summed E-state index contributed by atoms with van der Waals surface area (Å²) in [5, 5.41) is 3.17. The maximum Gasteiger partial charge on any atom is 0.491 e. The molecule has 5 nitrogen and oxygen atoms in total. The van der Waals surface area contributed by atoms with E-state index in [2.05, 4.69) is 5.32 Å². The zero-order valence-corrected chi connectivity index (χ0v) is 16.0. The molecule has 1 aliphatic rings. The third-order valence-corrected chi connectivity index (χ3v) is 4.90. The minimum atomic E-state index is -0.427. The Morgan fingerprint density at radius 2 is 1.80 bits per heavy atom. The van der Waals surface area contributed by atoms with Crippen LogP contribution >= 0.6 is 0 Å². The van der Waals surface area contributed by atoms with Gasteiger partial charge < -0.3 is 19.4 Å². The van der Waals surface area contributed by atoms with Gasteiger partial charge in [-0.3, -0.25) is 4.79 Å². The van der Waals surface area contributed by atoms with E-state index in [1.807, 2.05) is 65.1 Å². The largest absolute Gasteiger partial charge is 0.491 e. The van der Waals surface area contributed by atoms with E-state index in [9.17, 15) is 4.79 Å². The van der Waals surface area contributed by atoms with Crippen LogP contribution in [0.25, 0.3) is 6.08 Å². The summed E-state index contributed by atoms with van der Waals surface area (Å²) in [4.78, 5) is 11.7. The lowest BCUT2D eigenvalue weighted by Crippen LogP contribution is -2.41. The van der Waals surface area contributed by atoms with Gasteiger partial charge in [-0.15, -0.1) is 0 Å². The zero-order valence-electron chi connectivity index (χ0n) is 16.0. The number of nitrogens with one attached hydrogen (secondary N) is 1. The zero-order chi connectivity index (χ0) is 18.7. The average molecular weight is 345 g/mol. The van der Waals surface area contributed by atoms with Crippen LogP contribution in [-0.2, 0) is 25.3 Å². The summed E-state index contributed by atoms with van der Waals surface area (Å²) in [5.41, 5.74) is 2.08. The average Bonchev–Trinajstić information content (AvgIpc) is 2.76. The molecule has 25 heavy (non-hydrogen) atoms. The van der Waals surface area contributed by atoms with Gasteiger partial charge in [0.25, 0.3) is 0 Å². The first-order chi connectivity index (χ1) is 11.7. The van der Waals surface area contributed by atoms with E-state index in [1.54, 1.807) is 0 Å². The summed E-state index contributed by atoms with van der Waals surface area (Å²) in [6, 6.07) is 7.79. The van der Waals surface area contributed by atoms with Crippen LogP contribution < -0.4 is 5.32 Å². The smallest absolute Gasteiger partial charge is 0.469 e. The number of likely N-dealkylation sites (N-methyl/N-ethyl adjacent to an activating group) is 1. The second-order valence-electron chi connectivity index (χ2n) is 7.29. The highest BCUT2D eigenvalue weighted by atomic mass is 16.7. The van der Waals surface area contributed by atoms with Gasteiger partial charge in [-0.1, -0.05) is 30.3 Å². The molecule has 1 heterocycles. The number of methoxy groups -OCH3 is 1. The lowest BCUT2D eigenvalue weighted by Gasteiger charge is -2.32. The molecule has 0 radical (unpaired) electrons. The number of hydrogen-bond donors (Lipinski definition) is 1. The van der Waals surface area contributed by atoms with E-state index in [1.165, 1.54) is 7.11 Å². The first-order valence-electron chi connectivity index (χ1n) is 8.55. The maximum atomic E-state index is 11.7. The predicted octanol–water partition coefficient (Wildman–Crippen LogP) is 2.64. The molecule has 0 aromatic heterocycles. The first-order valence-corrected chi connectivity index (χ1v) is 8.55. The van der Waals surface area contributed by atoms with Crippen molar-refractivity contribution in [1.29, 1.82) is 0 Å². The molecule has 2 rings (SSSR count). The van der Waals surface area contributed by atoms with Crippen LogP contribution in [-0.4, -0.2) is 45.0 Å². The van der Waals surface area contributed by atoms with Gasteiger partial charge in [0, 0.05) is 6.54 Å². The van der Waals surface area contributed by atoms with Gasteiger partial charge >= 0.3 is 13.1 Å². The quantitative estimate of drug-likeness (QED) is 0.635. The van der Waals surface area contributed by atoms with Crippen molar-refractivity contribution in [2.45, 2.75) is 45.3 Å². The van der Waals surface area contributed by atoms with Crippen LogP contribution in [0.2, 0.25) is 0 Å². The summed E-state index contributed by atoms with van der Waals surface area (Å²) in [6.07, 6.45) is 2.27. The molecular formula is C19H28BNO4. The van der Waals surface area contributed by atoms with E-state index in [-0.39, 0.29) is 12.4 Å². The standard InChI is InChI=1S/C19H28BNO4/c1-18(2)19(3,4)25-20(24-18)16(13-21-5)11-14-9-7-8-10-15(14)12-17(22)23-6/h7-11,21H,12-13H2,1-6H3. The second kappa shape index (κ2) is 7.73. The number of benzene rings is 1. The molecular weight excluding hydrogens is 317 g/mol. The maximum absolute atomic E-state index is 11.7. The Morgan fingerprint density at radius 1 is 1.20 bits per heavy atom. The number of ether oxygens (including phenoxy) is 1. The molecule has 0 atom stereocenters. The minimum Gasteiger partial charge on any atom is -0.469 e. The fraction of sp³-hybridized carbons (Fsp3) is 0.526. The van der Waals surface area contributed by atoms with Gasteiger partial charge in [-0.05, 0) is 51.3 Å². The van der Waals surface area contributed by atoms with Gasteiger partial charge in [-0.25, -0.2) is 0 Å². The van der Waals surface area contributed by atoms with Gasteiger partial charge in [0.2, 0.25) is 0 Å². The molecule has 1 aromatic carbocycles. The lowest BCUT2D eigenvalue weighted by atomic mass is 9.76. The van der Waals surface area contributed by atoms with E-state index < -0.39 is 18.3 Å². The first kappa shape index (κ1) is 19.7. The Bertz CT molecular complexity index is 639.